The topological polar surface area (TPSA) is 99.8 Å². The van der Waals surface area contributed by atoms with Gasteiger partial charge < -0.3 is 10.2 Å². The third kappa shape index (κ3) is 3.41. The molecule has 4 heterocycles. The van der Waals surface area contributed by atoms with Crippen LogP contribution in [0.5, 0.6) is 0 Å². The van der Waals surface area contributed by atoms with Gasteiger partial charge in [0.2, 0.25) is 17.3 Å². The normalized spacial score (nSPS) is 11.4. The first-order valence-corrected chi connectivity index (χ1v) is 11.7. The van der Waals surface area contributed by atoms with E-state index in [9.17, 15) is 4.79 Å². The Hall–Kier alpha value is -4.30. The molecule has 2 N–H and O–H groups in total. The highest BCUT2D eigenvalue weighted by Crippen LogP contribution is 2.42. The molecule has 0 saturated heterocycles. The Morgan fingerprint density at radius 1 is 1.00 bits per heavy atom. The second-order valence-corrected chi connectivity index (χ2v) is 9.04. The predicted octanol–water partition coefficient (Wildman–Crippen LogP) is 6.11. The highest BCUT2D eigenvalue weighted by molar-refractivity contribution is 9.10. The van der Waals surface area contributed by atoms with Crippen LogP contribution in [0.1, 0.15) is 21.8 Å². The average molecular weight is 524 g/mol. The molecule has 0 atom stereocenters. The number of hydrogen-bond acceptors (Lipinski definition) is 6. The Kier molecular flexibility index (Phi) is 4.96. The van der Waals surface area contributed by atoms with Crippen LogP contribution in [0.15, 0.2) is 88.0 Å². The number of carbonyl (C=O) groups excluding carboxylic acids is 1. The molecule has 170 valence electrons. The zero-order valence-corrected chi connectivity index (χ0v) is 20.2. The molecule has 0 amide bonds. The lowest BCUT2D eigenvalue weighted by Crippen LogP contribution is -2.03. The van der Waals surface area contributed by atoms with Crippen molar-refractivity contribution in [3.05, 3.63) is 101 Å². The Morgan fingerprint density at radius 2 is 1.77 bits per heavy atom. The number of carbonyl (C=O) groups is 1. The van der Waals surface area contributed by atoms with E-state index in [4.69, 9.17) is 20.2 Å². The molecule has 0 spiro atoms. The second kappa shape index (κ2) is 8.18. The van der Waals surface area contributed by atoms with Crippen molar-refractivity contribution in [2.75, 3.05) is 5.73 Å². The molecule has 6 aromatic rings. The van der Waals surface area contributed by atoms with Crippen LogP contribution in [-0.4, -0.2) is 25.5 Å². The molecule has 0 saturated carbocycles. The van der Waals surface area contributed by atoms with Crippen LogP contribution < -0.4 is 5.73 Å². The summed E-state index contributed by atoms with van der Waals surface area (Å²) in [4.78, 5) is 22.4. The van der Waals surface area contributed by atoms with Crippen molar-refractivity contribution >= 4 is 49.5 Å². The quantitative estimate of drug-likeness (QED) is 0.279. The highest BCUT2D eigenvalue weighted by Gasteiger charge is 2.27. The number of anilines is 1. The maximum Gasteiger partial charge on any atom is 0.231 e. The van der Waals surface area contributed by atoms with Gasteiger partial charge in [0.15, 0.2) is 5.65 Å². The van der Waals surface area contributed by atoms with Crippen LogP contribution in [0.2, 0.25) is 0 Å². The van der Waals surface area contributed by atoms with Gasteiger partial charge in [-0.3, -0.25) is 9.78 Å². The number of benzene rings is 2. The molecule has 0 bridgehead atoms. The molecule has 0 unspecified atom stereocenters. The lowest BCUT2D eigenvalue weighted by Gasteiger charge is -2.07. The van der Waals surface area contributed by atoms with E-state index in [2.05, 4.69) is 20.9 Å². The van der Waals surface area contributed by atoms with Crippen LogP contribution in [0, 0.1) is 6.92 Å². The van der Waals surface area contributed by atoms with E-state index in [-0.39, 0.29) is 22.9 Å². The van der Waals surface area contributed by atoms with Crippen molar-refractivity contribution in [2.45, 2.75) is 6.92 Å². The maximum atomic E-state index is 13.3. The molecule has 0 aliphatic rings. The minimum absolute atomic E-state index is 0.0597. The molecule has 7 nitrogen and oxygen atoms in total. The molecule has 35 heavy (non-hydrogen) atoms. The number of furan rings is 1. The summed E-state index contributed by atoms with van der Waals surface area (Å²) in [6, 6.07) is 20.6. The first-order chi connectivity index (χ1) is 17.0. The monoisotopic (exact) mass is 523 g/mol. The number of aromatic nitrogens is 4. The Morgan fingerprint density at radius 3 is 2.49 bits per heavy atom. The van der Waals surface area contributed by atoms with E-state index in [1.807, 2.05) is 49.4 Å². The summed E-state index contributed by atoms with van der Waals surface area (Å²) in [5.74, 6) is -0.250. The van der Waals surface area contributed by atoms with Gasteiger partial charge in [-0.1, -0.05) is 40.2 Å². The molecule has 0 fully saturated rings. The summed E-state index contributed by atoms with van der Waals surface area (Å²) >= 11 is 3.40. The van der Waals surface area contributed by atoms with Gasteiger partial charge in [-0.2, -0.15) is 10.1 Å². The largest absolute Gasteiger partial charge is 0.432 e. The fourth-order valence-electron chi connectivity index (χ4n) is 4.33. The number of fused-ring (bicyclic) bond motifs is 2. The number of ketones is 1. The van der Waals surface area contributed by atoms with Gasteiger partial charge in [-0.05, 0) is 49.4 Å². The standard InChI is InChI=1S/C27H18BrN5O2/c1-15-20-21(17-6-5-13-30-14-17)22-23(29)25(24(34)16-9-11-18(28)12-10-16)35-27(22)31-26(20)33(32-15)19-7-3-2-4-8-19/h2-14H,29H2,1H3. The van der Waals surface area contributed by atoms with Crippen LogP contribution >= 0.6 is 15.9 Å². The molecular formula is C27H18BrN5O2. The first kappa shape index (κ1) is 21.2. The maximum absolute atomic E-state index is 13.3. The van der Waals surface area contributed by atoms with Gasteiger partial charge in [0.1, 0.15) is 0 Å². The smallest absolute Gasteiger partial charge is 0.231 e. The van der Waals surface area contributed by atoms with Gasteiger partial charge in [0.25, 0.3) is 0 Å². The molecule has 2 aromatic carbocycles. The highest BCUT2D eigenvalue weighted by atomic mass is 79.9. The zero-order chi connectivity index (χ0) is 24.1. The fourth-order valence-corrected chi connectivity index (χ4v) is 4.60. The molecule has 0 radical (unpaired) electrons. The van der Waals surface area contributed by atoms with Crippen LogP contribution in [-0.2, 0) is 0 Å². The van der Waals surface area contributed by atoms with E-state index in [0.717, 1.165) is 32.4 Å². The second-order valence-electron chi connectivity index (χ2n) is 8.12. The number of halogens is 1. The summed E-state index contributed by atoms with van der Waals surface area (Å²) in [6.07, 6.45) is 3.47. The Labute approximate surface area is 208 Å². The molecule has 6 rings (SSSR count). The lowest BCUT2D eigenvalue weighted by atomic mass is 9.98. The summed E-state index contributed by atoms with van der Waals surface area (Å²) in [5.41, 5.74) is 11.4. The van der Waals surface area contributed by atoms with Gasteiger partial charge >= 0.3 is 0 Å². The third-order valence-electron chi connectivity index (χ3n) is 5.93. The predicted molar refractivity (Wildman–Crippen MR) is 139 cm³/mol. The number of nitrogens with zero attached hydrogens (tertiary/aromatic N) is 4. The molecule has 8 heteroatoms. The van der Waals surface area contributed by atoms with E-state index >= 15 is 0 Å². The summed E-state index contributed by atoms with van der Waals surface area (Å²) < 4.78 is 8.71. The molecule has 4 aromatic heterocycles. The number of nitrogens with two attached hydrogens (primary N) is 1. The summed E-state index contributed by atoms with van der Waals surface area (Å²) in [5, 5.41) is 6.17. The minimum atomic E-state index is -0.310. The number of rotatable bonds is 4. The van der Waals surface area contributed by atoms with Crippen molar-refractivity contribution in [1.29, 1.82) is 0 Å². The number of hydrogen-bond donors (Lipinski definition) is 1. The molecule has 0 aliphatic heterocycles. The average Bonchev–Trinajstić information content (AvgIpc) is 3.40. The van der Waals surface area contributed by atoms with Gasteiger partial charge in [0.05, 0.1) is 27.8 Å². The number of para-hydroxylation sites is 1. The third-order valence-corrected chi connectivity index (χ3v) is 6.46. The van der Waals surface area contributed by atoms with Crippen molar-refractivity contribution in [1.82, 2.24) is 19.7 Å². The fraction of sp³-hybridized carbons (Fsp3) is 0.0370. The summed E-state index contributed by atoms with van der Waals surface area (Å²) in [6.45, 7) is 1.93. The lowest BCUT2D eigenvalue weighted by molar-refractivity contribution is 0.101. The van der Waals surface area contributed by atoms with E-state index in [0.29, 0.717) is 16.6 Å². The zero-order valence-electron chi connectivity index (χ0n) is 18.6. The van der Waals surface area contributed by atoms with Crippen molar-refractivity contribution in [3.63, 3.8) is 0 Å². The van der Waals surface area contributed by atoms with Crippen LogP contribution in [0.25, 0.3) is 38.9 Å². The van der Waals surface area contributed by atoms with Crippen LogP contribution in [0.4, 0.5) is 5.69 Å². The van der Waals surface area contributed by atoms with Crippen molar-refractivity contribution < 1.29 is 9.21 Å². The van der Waals surface area contributed by atoms with E-state index in [1.54, 1.807) is 41.3 Å². The van der Waals surface area contributed by atoms with E-state index in [1.165, 1.54) is 0 Å². The van der Waals surface area contributed by atoms with Crippen molar-refractivity contribution in [3.8, 4) is 16.8 Å². The SMILES string of the molecule is Cc1nn(-c2ccccc2)c2nc3oc(C(=O)c4ccc(Br)cc4)c(N)c3c(-c3cccnc3)c12. The Balaban J connectivity index is 1.69. The number of aryl methyl sites for hydroxylation is 1. The van der Waals surface area contributed by atoms with Crippen LogP contribution in [0.3, 0.4) is 0 Å². The molecule has 0 aliphatic carbocycles. The minimum Gasteiger partial charge on any atom is -0.432 e. The van der Waals surface area contributed by atoms with Gasteiger partial charge in [-0.15, -0.1) is 0 Å². The van der Waals surface area contributed by atoms with Crippen molar-refractivity contribution in [2.24, 2.45) is 0 Å². The summed E-state index contributed by atoms with van der Waals surface area (Å²) in [7, 11) is 0. The van der Waals surface area contributed by atoms with Gasteiger partial charge in [0, 0.05) is 33.6 Å². The van der Waals surface area contributed by atoms with E-state index < -0.39 is 0 Å². The number of nitrogen functional groups attached to an aromatic ring is 1. The number of pyridine rings is 2. The Bertz CT molecular complexity index is 1720. The first-order valence-electron chi connectivity index (χ1n) is 10.9. The van der Waals surface area contributed by atoms with Gasteiger partial charge in [-0.25, -0.2) is 4.68 Å². The molecular weight excluding hydrogens is 506 g/mol.